The van der Waals surface area contributed by atoms with E-state index in [0.29, 0.717) is 29.6 Å². The second-order valence-corrected chi connectivity index (χ2v) is 4.38. The maximum absolute atomic E-state index is 11.8. The molecule has 0 fully saturated rings. The van der Waals surface area contributed by atoms with Gasteiger partial charge in [-0.25, -0.2) is 4.98 Å². The summed E-state index contributed by atoms with van der Waals surface area (Å²) in [7, 11) is 1.62. The molecule has 0 spiro atoms. The first-order valence-electron chi connectivity index (χ1n) is 5.73. The quantitative estimate of drug-likeness (QED) is 0.610. The molecule has 1 aromatic rings. The van der Waals surface area contributed by atoms with Gasteiger partial charge in [0, 0.05) is 13.7 Å². The van der Waals surface area contributed by atoms with Gasteiger partial charge in [-0.15, -0.1) is 0 Å². The van der Waals surface area contributed by atoms with Gasteiger partial charge < -0.3 is 15.8 Å². The molecule has 0 radical (unpaired) electrons. The van der Waals surface area contributed by atoms with Crippen molar-refractivity contribution in [2.75, 3.05) is 19.0 Å². The SMILES string of the molecule is COCCCC(N)C(=O)Nc1ccc(Cl)nc1C. The van der Waals surface area contributed by atoms with Gasteiger partial charge in [0.2, 0.25) is 5.91 Å². The minimum Gasteiger partial charge on any atom is -0.385 e. The molecule has 0 aliphatic carbocycles. The molecular weight excluding hydrogens is 254 g/mol. The molecule has 1 heterocycles. The maximum atomic E-state index is 11.8. The van der Waals surface area contributed by atoms with E-state index in [-0.39, 0.29) is 5.91 Å². The van der Waals surface area contributed by atoms with Gasteiger partial charge in [0.05, 0.1) is 17.4 Å². The molecule has 0 saturated heterocycles. The van der Waals surface area contributed by atoms with E-state index in [9.17, 15) is 4.79 Å². The van der Waals surface area contributed by atoms with Crippen LogP contribution < -0.4 is 11.1 Å². The average molecular weight is 272 g/mol. The molecule has 1 amide bonds. The Bertz CT molecular complexity index is 412. The number of ether oxygens (including phenoxy) is 1. The lowest BCUT2D eigenvalue weighted by atomic mass is 10.1. The molecule has 3 N–H and O–H groups in total. The lowest BCUT2D eigenvalue weighted by Gasteiger charge is -2.13. The number of rotatable bonds is 6. The van der Waals surface area contributed by atoms with Gasteiger partial charge in [0.1, 0.15) is 5.15 Å². The third-order valence-electron chi connectivity index (χ3n) is 2.51. The van der Waals surface area contributed by atoms with Crippen molar-refractivity contribution in [3.8, 4) is 0 Å². The molecule has 1 rings (SSSR count). The topological polar surface area (TPSA) is 77.2 Å². The van der Waals surface area contributed by atoms with Crippen molar-refractivity contribution in [1.29, 1.82) is 0 Å². The van der Waals surface area contributed by atoms with Gasteiger partial charge in [0.25, 0.3) is 0 Å². The van der Waals surface area contributed by atoms with E-state index in [4.69, 9.17) is 22.1 Å². The normalized spacial score (nSPS) is 12.2. The Morgan fingerprint density at radius 2 is 2.33 bits per heavy atom. The summed E-state index contributed by atoms with van der Waals surface area (Å²) in [6.45, 7) is 2.38. The van der Waals surface area contributed by atoms with Crippen LogP contribution in [-0.2, 0) is 9.53 Å². The van der Waals surface area contributed by atoms with Gasteiger partial charge in [-0.05, 0) is 31.9 Å². The maximum Gasteiger partial charge on any atom is 0.241 e. The number of nitrogens with one attached hydrogen (secondary N) is 1. The number of carbonyl (C=O) groups excluding carboxylic acids is 1. The highest BCUT2D eigenvalue weighted by Gasteiger charge is 2.14. The van der Waals surface area contributed by atoms with E-state index >= 15 is 0 Å². The number of aryl methyl sites for hydroxylation is 1. The van der Waals surface area contributed by atoms with Gasteiger partial charge in [0.15, 0.2) is 0 Å². The van der Waals surface area contributed by atoms with E-state index in [2.05, 4.69) is 10.3 Å². The summed E-state index contributed by atoms with van der Waals surface area (Å²) in [5.41, 5.74) is 7.07. The van der Waals surface area contributed by atoms with E-state index in [1.165, 1.54) is 0 Å². The second-order valence-electron chi connectivity index (χ2n) is 4.00. The van der Waals surface area contributed by atoms with Crippen LogP contribution in [-0.4, -0.2) is 30.6 Å². The molecule has 1 unspecified atom stereocenters. The highest BCUT2D eigenvalue weighted by atomic mass is 35.5. The third-order valence-corrected chi connectivity index (χ3v) is 2.72. The van der Waals surface area contributed by atoms with Crippen LogP contribution in [0.25, 0.3) is 0 Å². The van der Waals surface area contributed by atoms with E-state index in [0.717, 1.165) is 6.42 Å². The summed E-state index contributed by atoms with van der Waals surface area (Å²) in [5.74, 6) is -0.224. The van der Waals surface area contributed by atoms with E-state index in [1.54, 1.807) is 26.2 Å². The predicted molar refractivity (Wildman–Crippen MR) is 71.7 cm³/mol. The number of hydrogen-bond acceptors (Lipinski definition) is 4. The first kappa shape index (κ1) is 14.9. The largest absolute Gasteiger partial charge is 0.385 e. The second kappa shape index (κ2) is 7.31. The number of aromatic nitrogens is 1. The molecular formula is C12H18ClN3O2. The van der Waals surface area contributed by atoms with Gasteiger partial charge >= 0.3 is 0 Å². The molecule has 0 saturated carbocycles. The standard InChI is InChI=1S/C12H18ClN3O2/c1-8-10(5-6-11(13)15-8)16-12(17)9(14)4-3-7-18-2/h5-6,9H,3-4,7,14H2,1-2H3,(H,16,17). The third kappa shape index (κ3) is 4.60. The van der Waals surface area contributed by atoms with Crippen LogP contribution in [0.5, 0.6) is 0 Å². The van der Waals surface area contributed by atoms with E-state index in [1.807, 2.05) is 0 Å². The lowest BCUT2D eigenvalue weighted by molar-refractivity contribution is -0.117. The van der Waals surface area contributed by atoms with Crippen LogP contribution in [0.1, 0.15) is 18.5 Å². The van der Waals surface area contributed by atoms with Gasteiger partial charge in [-0.3, -0.25) is 4.79 Å². The van der Waals surface area contributed by atoms with Crippen molar-refractivity contribution in [1.82, 2.24) is 4.98 Å². The van der Waals surface area contributed by atoms with Crippen LogP contribution in [0.3, 0.4) is 0 Å². The fraction of sp³-hybridized carbons (Fsp3) is 0.500. The van der Waals surface area contributed by atoms with Crippen LogP contribution in [0, 0.1) is 6.92 Å². The Morgan fingerprint density at radius 1 is 1.61 bits per heavy atom. The van der Waals surface area contributed by atoms with Crippen LogP contribution in [0.2, 0.25) is 5.15 Å². The molecule has 0 bridgehead atoms. The highest BCUT2D eigenvalue weighted by molar-refractivity contribution is 6.29. The minimum atomic E-state index is -0.546. The summed E-state index contributed by atoms with van der Waals surface area (Å²) >= 11 is 5.74. The number of carbonyl (C=O) groups is 1. The number of halogens is 1. The van der Waals surface area contributed by atoms with E-state index < -0.39 is 6.04 Å². The predicted octanol–water partition coefficient (Wildman–Crippen LogP) is 1.74. The van der Waals surface area contributed by atoms with Crippen molar-refractivity contribution in [2.24, 2.45) is 5.73 Å². The first-order valence-corrected chi connectivity index (χ1v) is 6.11. The Balaban J connectivity index is 2.53. The van der Waals surface area contributed by atoms with Crippen molar-refractivity contribution in [2.45, 2.75) is 25.8 Å². The zero-order valence-corrected chi connectivity index (χ0v) is 11.3. The Hall–Kier alpha value is -1.17. The minimum absolute atomic E-state index is 0.224. The first-order chi connectivity index (χ1) is 8.54. The summed E-state index contributed by atoms with van der Waals surface area (Å²) in [6.07, 6.45) is 1.34. The van der Waals surface area contributed by atoms with Gasteiger partial charge in [-0.2, -0.15) is 0 Å². The number of methoxy groups -OCH3 is 1. The molecule has 1 aromatic heterocycles. The zero-order chi connectivity index (χ0) is 13.5. The van der Waals surface area contributed by atoms with Crippen molar-refractivity contribution >= 4 is 23.2 Å². The number of nitrogens with zero attached hydrogens (tertiary/aromatic N) is 1. The molecule has 0 aliphatic rings. The zero-order valence-electron chi connectivity index (χ0n) is 10.6. The number of nitrogens with two attached hydrogens (primary N) is 1. The lowest BCUT2D eigenvalue weighted by Crippen LogP contribution is -2.36. The Kier molecular flexibility index (Phi) is 6.04. The number of pyridine rings is 1. The monoisotopic (exact) mass is 271 g/mol. The summed E-state index contributed by atoms with van der Waals surface area (Å²) in [5, 5.41) is 3.14. The van der Waals surface area contributed by atoms with Crippen molar-refractivity contribution < 1.29 is 9.53 Å². The number of anilines is 1. The van der Waals surface area contributed by atoms with Crippen molar-refractivity contribution in [3.05, 3.63) is 23.0 Å². The van der Waals surface area contributed by atoms with Crippen LogP contribution >= 0.6 is 11.6 Å². The molecule has 1 atom stereocenters. The fourth-order valence-electron chi connectivity index (χ4n) is 1.47. The molecule has 5 nitrogen and oxygen atoms in total. The summed E-state index contributed by atoms with van der Waals surface area (Å²) in [6, 6.07) is 2.79. The molecule has 0 aliphatic heterocycles. The number of hydrogen-bond donors (Lipinski definition) is 2. The molecule has 100 valence electrons. The molecule has 18 heavy (non-hydrogen) atoms. The smallest absolute Gasteiger partial charge is 0.241 e. The van der Waals surface area contributed by atoms with Gasteiger partial charge in [-0.1, -0.05) is 11.6 Å². The fourth-order valence-corrected chi connectivity index (χ4v) is 1.66. The van der Waals surface area contributed by atoms with Crippen LogP contribution in [0.15, 0.2) is 12.1 Å². The van der Waals surface area contributed by atoms with Crippen LogP contribution in [0.4, 0.5) is 5.69 Å². The molecule has 0 aromatic carbocycles. The Labute approximate surface area is 112 Å². The Morgan fingerprint density at radius 3 is 2.94 bits per heavy atom. The number of amides is 1. The average Bonchev–Trinajstić information content (AvgIpc) is 2.32. The highest BCUT2D eigenvalue weighted by Crippen LogP contribution is 2.16. The summed E-state index contributed by atoms with van der Waals surface area (Å²) < 4.78 is 4.91. The van der Waals surface area contributed by atoms with Crippen molar-refractivity contribution in [3.63, 3.8) is 0 Å². The summed E-state index contributed by atoms with van der Waals surface area (Å²) in [4.78, 5) is 15.9. The molecule has 6 heteroatoms.